The molecule has 1 unspecified atom stereocenters. The van der Waals surface area contributed by atoms with E-state index < -0.39 is 17.9 Å². The van der Waals surface area contributed by atoms with Crippen LogP contribution in [-0.2, 0) is 9.59 Å². The van der Waals surface area contributed by atoms with Crippen molar-refractivity contribution in [3.63, 3.8) is 0 Å². The van der Waals surface area contributed by atoms with Crippen molar-refractivity contribution in [3.05, 3.63) is 29.8 Å². The second kappa shape index (κ2) is 7.28. The molecule has 2 amide bonds. The summed E-state index contributed by atoms with van der Waals surface area (Å²) in [5.74, 6) is -1.73. The summed E-state index contributed by atoms with van der Waals surface area (Å²) in [6, 6.07) is 5.31. The molecule has 0 aliphatic carbocycles. The summed E-state index contributed by atoms with van der Waals surface area (Å²) in [5, 5.41) is 11.1. The van der Waals surface area contributed by atoms with Crippen molar-refractivity contribution >= 4 is 17.8 Å². The van der Waals surface area contributed by atoms with Crippen LogP contribution in [0.2, 0.25) is 0 Å². The summed E-state index contributed by atoms with van der Waals surface area (Å²) in [6.07, 6.45) is 0. The van der Waals surface area contributed by atoms with Crippen LogP contribution in [0.3, 0.4) is 0 Å². The number of carboxylic acid groups (broad SMARTS) is 1. The fraction of sp³-hybridized carbons (Fsp3) is 0.357. The van der Waals surface area contributed by atoms with Gasteiger partial charge in [-0.1, -0.05) is 12.1 Å². The van der Waals surface area contributed by atoms with Crippen molar-refractivity contribution < 1.29 is 24.2 Å². The van der Waals surface area contributed by atoms with Gasteiger partial charge in [-0.25, -0.2) is 0 Å². The molecule has 0 fully saturated rings. The van der Waals surface area contributed by atoms with Gasteiger partial charge < -0.3 is 20.1 Å². The van der Waals surface area contributed by atoms with Crippen molar-refractivity contribution in [2.45, 2.75) is 13.0 Å². The second-order valence-corrected chi connectivity index (χ2v) is 4.61. The first-order valence-electron chi connectivity index (χ1n) is 6.28. The van der Waals surface area contributed by atoms with Crippen LogP contribution in [0, 0.1) is 0 Å². The lowest BCUT2D eigenvalue weighted by atomic mass is 10.1. The first-order valence-corrected chi connectivity index (χ1v) is 6.28. The van der Waals surface area contributed by atoms with Crippen molar-refractivity contribution in [2.75, 3.05) is 20.7 Å². The number of hydrogen-bond donors (Lipinski definition) is 2. The monoisotopic (exact) mass is 294 g/mol. The molecule has 1 atom stereocenters. The maximum Gasteiger partial charge on any atom is 0.325 e. The molecular formula is C14H18N2O5. The van der Waals surface area contributed by atoms with Gasteiger partial charge in [-0.15, -0.1) is 0 Å². The molecular weight excluding hydrogens is 276 g/mol. The van der Waals surface area contributed by atoms with E-state index in [0.29, 0.717) is 0 Å². The summed E-state index contributed by atoms with van der Waals surface area (Å²) in [5.41, 5.74) is 0.178. The number of carbonyl (C=O) groups is 3. The summed E-state index contributed by atoms with van der Waals surface area (Å²) >= 11 is 0. The number of amides is 2. The van der Waals surface area contributed by atoms with Gasteiger partial charge >= 0.3 is 5.97 Å². The number of carboxylic acids is 1. The van der Waals surface area contributed by atoms with Crippen LogP contribution < -0.4 is 10.1 Å². The number of rotatable bonds is 6. The Labute approximate surface area is 122 Å². The number of benzene rings is 1. The predicted octanol–water partition coefficient (Wildman–Crippen LogP) is 0.356. The molecule has 1 aromatic rings. The Bertz CT molecular complexity index is 542. The number of hydrogen-bond acceptors (Lipinski definition) is 4. The molecule has 0 radical (unpaired) electrons. The Morgan fingerprint density at radius 2 is 1.90 bits per heavy atom. The number of ether oxygens (including phenoxy) is 1. The third kappa shape index (κ3) is 4.79. The highest BCUT2D eigenvalue weighted by molar-refractivity contribution is 5.98. The van der Waals surface area contributed by atoms with Crippen molar-refractivity contribution in [2.24, 2.45) is 0 Å². The highest BCUT2D eigenvalue weighted by Gasteiger charge is 2.18. The van der Waals surface area contributed by atoms with Crippen LogP contribution in [0.1, 0.15) is 17.3 Å². The number of para-hydroxylation sites is 1. The maximum atomic E-state index is 12.0. The van der Waals surface area contributed by atoms with E-state index in [2.05, 4.69) is 5.32 Å². The molecule has 2 N–H and O–H groups in total. The summed E-state index contributed by atoms with van der Waals surface area (Å²) < 4.78 is 5.32. The van der Waals surface area contributed by atoms with E-state index in [0.717, 1.165) is 0 Å². The fourth-order valence-corrected chi connectivity index (χ4v) is 1.38. The predicted molar refractivity (Wildman–Crippen MR) is 75.2 cm³/mol. The van der Waals surface area contributed by atoms with E-state index >= 15 is 0 Å². The van der Waals surface area contributed by atoms with Gasteiger partial charge in [0, 0.05) is 14.1 Å². The number of likely N-dealkylation sites (N-methyl/N-ethyl adjacent to an activating group) is 1. The van der Waals surface area contributed by atoms with Gasteiger partial charge in [0.15, 0.2) is 6.61 Å². The summed E-state index contributed by atoms with van der Waals surface area (Å²) in [6.45, 7) is 1.16. The highest BCUT2D eigenvalue weighted by Crippen LogP contribution is 2.18. The Morgan fingerprint density at radius 1 is 1.29 bits per heavy atom. The third-order valence-electron chi connectivity index (χ3n) is 2.70. The Hall–Kier alpha value is -2.57. The molecule has 0 saturated carbocycles. The lowest BCUT2D eigenvalue weighted by Crippen LogP contribution is -2.38. The number of carbonyl (C=O) groups excluding carboxylic acids is 2. The van der Waals surface area contributed by atoms with E-state index in [9.17, 15) is 14.4 Å². The smallest absolute Gasteiger partial charge is 0.325 e. The van der Waals surface area contributed by atoms with E-state index in [4.69, 9.17) is 9.84 Å². The molecule has 0 aromatic heterocycles. The average Bonchev–Trinajstić information content (AvgIpc) is 2.44. The van der Waals surface area contributed by atoms with E-state index in [1.807, 2.05) is 0 Å². The zero-order valence-electron chi connectivity index (χ0n) is 12.1. The molecule has 1 rings (SSSR count). The van der Waals surface area contributed by atoms with Crippen LogP contribution in [-0.4, -0.2) is 54.5 Å². The minimum atomic E-state index is -1.13. The second-order valence-electron chi connectivity index (χ2n) is 4.61. The Kier molecular flexibility index (Phi) is 5.71. The van der Waals surface area contributed by atoms with Crippen LogP contribution in [0.15, 0.2) is 24.3 Å². The van der Waals surface area contributed by atoms with Crippen molar-refractivity contribution in [3.8, 4) is 5.75 Å². The standard InChI is InChI=1S/C14H18N2O5/c1-9(14(19)20)15-13(18)10-6-4-5-7-11(10)21-8-12(17)16(2)3/h4-7,9H,8H2,1-3H3,(H,15,18)(H,19,20). The molecule has 7 heteroatoms. The molecule has 7 nitrogen and oxygen atoms in total. The third-order valence-corrected chi connectivity index (χ3v) is 2.70. The van der Waals surface area contributed by atoms with Crippen LogP contribution in [0.5, 0.6) is 5.75 Å². The minimum absolute atomic E-state index is 0.178. The van der Waals surface area contributed by atoms with Crippen LogP contribution in [0.25, 0.3) is 0 Å². The van der Waals surface area contributed by atoms with E-state index in [-0.39, 0.29) is 23.8 Å². The average molecular weight is 294 g/mol. The highest BCUT2D eigenvalue weighted by atomic mass is 16.5. The van der Waals surface area contributed by atoms with Gasteiger partial charge in [-0.3, -0.25) is 14.4 Å². The Balaban J connectivity index is 2.81. The van der Waals surface area contributed by atoms with Gasteiger partial charge in [-0.05, 0) is 19.1 Å². The van der Waals surface area contributed by atoms with Gasteiger partial charge in [-0.2, -0.15) is 0 Å². The van der Waals surface area contributed by atoms with Gasteiger partial charge in [0.25, 0.3) is 11.8 Å². The summed E-state index contributed by atoms with van der Waals surface area (Å²) in [7, 11) is 3.19. The molecule has 114 valence electrons. The van der Waals surface area contributed by atoms with Crippen molar-refractivity contribution in [1.82, 2.24) is 10.2 Å². The van der Waals surface area contributed by atoms with E-state index in [1.165, 1.54) is 17.9 Å². The Morgan fingerprint density at radius 3 is 2.48 bits per heavy atom. The zero-order valence-corrected chi connectivity index (χ0v) is 12.1. The lowest BCUT2D eigenvalue weighted by Gasteiger charge is -2.15. The van der Waals surface area contributed by atoms with Crippen molar-refractivity contribution in [1.29, 1.82) is 0 Å². The number of nitrogens with one attached hydrogen (secondary N) is 1. The molecule has 0 bridgehead atoms. The molecule has 0 spiro atoms. The molecule has 0 heterocycles. The quantitative estimate of drug-likeness (QED) is 0.789. The molecule has 0 aliphatic heterocycles. The first kappa shape index (κ1) is 16.5. The summed E-state index contributed by atoms with van der Waals surface area (Å²) in [4.78, 5) is 35.6. The van der Waals surface area contributed by atoms with Crippen LogP contribution >= 0.6 is 0 Å². The molecule has 21 heavy (non-hydrogen) atoms. The number of aliphatic carboxylic acids is 1. The maximum absolute atomic E-state index is 12.0. The fourth-order valence-electron chi connectivity index (χ4n) is 1.38. The SMILES string of the molecule is CC(NC(=O)c1ccccc1OCC(=O)N(C)C)C(=O)O. The number of nitrogens with zero attached hydrogens (tertiary/aromatic N) is 1. The van der Waals surface area contributed by atoms with E-state index in [1.54, 1.807) is 32.3 Å². The molecule has 0 aliphatic rings. The van der Waals surface area contributed by atoms with Gasteiger partial charge in [0.2, 0.25) is 0 Å². The topological polar surface area (TPSA) is 95.9 Å². The largest absolute Gasteiger partial charge is 0.483 e. The first-order chi connectivity index (χ1) is 9.82. The normalized spacial score (nSPS) is 11.4. The van der Waals surface area contributed by atoms with Crippen LogP contribution in [0.4, 0.5) is 0 Å². The van der Waals surface area contributed by atoms with Gasteiger partial charge in [0.05, 0.1) is 5.56 Å². The minimum Gasteiger partial charge on any atom is -0.483 e. The molecule has 0 saturated heterocycles. The zero-order chi connectivity index (χ0) is 16.0. The van der Waals surface area contributed by atoms with Gasteiger partial charge in [0.1, 0.15) is 11.8 Å². The lowest BCUT2D eigenvalue weighted by molar-refractivity contribution is -0.138. The molecule has 1 aromatic carbocycles.